The van der Waals surface area contributed by atoms with Crippen LogP contribution in [0.4, 0.5) is 0 Å². The highest BCUT2D eigenvalue weighted by Gasteiger charge is 2.51. The molecule has 0 aromatic heterocycles. The first kappa shape index (κ1) is 10.5. The lowest BCUT2D eigenvalue weighted by Gasteiger charge is -2.32. The van der Waals surface area contributed by atoms with Gasteiger partial charge in [0.25, 0.3) is 0 Å². The van der Waals surface area contributed by atoms with Gasteiger partial charge in [-0.15, -0.1) is 0 Å². The highest BCUT2D eigenvalue weighted by Crippen LogP contribution is 2.40. The average Bonchev–Trinajstić information content (AvgIpc) is 2.72. The van der Waals surface area contributed by atoms with Crippen LogP contribution in [0, 0.1) is 12.1 Å². The van der Waals surface area contributed by atoms with Crippen LogP contribution in [-0.4, -0.2) is 27.9 Å². The zero-order valence-corrected chi connectivity index (χ0v) is 10.1. The van der Waals surface area contributed by atoms with Crippen LogP contribution in [0.1, 0.15) is 41.0 Å². The minimum atomic E-state index is 0.0785. The van der Waals surface area contributed by atoms with Gasteiger partial charge in [-0.2, -0.15) is 4.99 Å². The van der Waals surface area contributed by atoms with E-state index in [1.165, 1.54) is 0 Å². The molecule has 0 N–H and O–H groups in total. The molecule has 0 aliphatic carbocycles. The average molecular weight is 206 g/mol. The summed E-state index contributed by atoms with van der Waals surface area (Å²) in [5.41, 5.74) is 0.386. The van der Waals surface area contributed by atoms with Crippen LogP contribution in [0.15, 0.2) is 9.98 Å². The van der Waals surface area contributed by atoms with Crippen LogP contribution in [0.2, 0.25) is 0 Å². The molecule has 0 atom stereocenters. The lowest BCUT2D eigenvalue weighted by atomic mass is 9.82. The number of guanidine groups is 1. The number of hydrazine groups is 1. The van der Waals surface area contributed by atoms with Crippen LogP contribution in [0.25, 0.3) is 0 Å². The van der Waals surface area contributed by atoms with Crippen molar-refractivity contribution in [1.82, 2.24) is 10.0 Å². The molecule has 4 nitrogen and oxygen atoms in total. The molecule has 0 spiro atoms. The Morgan fingerprint density at radius 1 is 1.27 bits per heavy atom. The molecule has 2 aliphatic rings. The second-order valence-electron chi connectivity index (χ2n) is 5.96. The van der Waals surface area contributed by atoms with Crippen molar-refractivity contribution in [3.63, 3.8) is 0 Å². The van der Waals surface area contributed by atoms with Gasteiger partial charge >= 0.3 is 0 Å². The van der Waals surface area contributed by atoms with Gasteiger partial charge in [0.15, 0.2) is 13.0 Å². The largest absolute Gasteiger partial charge is 0.245 e. The summed E-state index contributed by atoms with van der Waals surface area (Å²) in [6.45, 7) is 13.0. The maximum absolute atomic E-state index is 4.10. The molecule has 15 heavy (non-hydrogen) atoms. The van der Waals surface area contributed by atoms with Crippen molar-refractivity contribution in [2.45, 2.75) is 46.6 Å². The van der Waals surface area contributed by atoms with Crippen molar-refractivity contribution in [1.29, 1.82) is 0 Å². The third-order valence-corrected chi connectivity index (χ3v) is 2.48. The number of aliphatic imine (C=N–C) groups is 2. The van der Waals surface area contributed by atoms with Crippen molar-refractivity contribution in [2.24, 2.45) is 15.4 Å². The third-order valence-electron chi connectivity index (χ3n) is 2.48. The summed E-state index contributed by atoms with van der Waals surface area (Å²) in [5.74, 6) is 0.958. The summed E-state index contributed by atoms with van der Waals surface area (Å²) < 4.78 is 0. The smallest absolute Gasteiger partial charge is 0.242 e. The lowest BCUT2D eigenvalue weighted by Crippen LogP contribution is -2.37. The van der Waals surface area contributed by atoms with Crippen molar-refractivity contribution < 1.29 is 0 Å². The van der Waals surface area contributed by atoms with E-state index in [1.807, 2.05) is 5.01 Å². The SMILES string of the molecule is CC(C)(C)CC(C)(C)N1C2=N[C]=N[CH]N21. The van der Waals surface area contributed by atoms with Crippen LogP contribution in [0.5, 0.6) is 0 Å². The summed E-state index contributed by atoms with van der Waals surface area (Å²) in [6.07, 6.45) is 3.72. The van der Waals surface area contributed by atoms with Crippen LogP contribution in [0.3, 0.4) is 0 Å². The maximum Gasteiger partial charge on any atom is 0.245 e. The molecule has 0 aromatic carbocycles. The standard InChI is InChI=1S/C11H18N4/c1-10(2,3)6-11(4,5)15-9-13-7-12-8-14(9)15/h8H,6H2,1-5H3. The van der Waals surface area contributed by atoms with E-state index in [2.05, 4.69) is 56.0 Å². The molecular weight excluding hydrogens is 188 g/mol. The van der Waals surface area contributed by atoms with E-state index in [9.17, 15) is 0 Å². The minimum absolute atomic E-state index is 0.0785. The summed E-state index contributed by atoms with van der Waals surface area (Å²) in [6, 6.07) is 0. The van der Waals surface area contributed by atoms with E-state index in [-0.39, 0.29) is 5.54 Å². The Balaban J connectivity index is 2.06. The Morgan fingerprint density at radius 2 is 1.93 bits per heavy atom. The second kappa shape index (κ2) is 2.97. The first-order valence-electron chi connectivity index (χ1n) is 5.27. The molecule has 82 valence electrons. The molecular formula is C11H18N4. The quantitative estimate of drug-likeness (QED) is 0.648. The van der Waals surface area contributed by atoms with Crippen LogP contribution >= 0.6 is 0 Å². The number of rotatable bonds is 2. The van der Waals surface area contributed by atoms with Crippen LogP contribution < -0.4 is 0 Å². The molecule has 0 unspecified atom stereocenters. The number of hydrogen-bond acceptors (Lipinski definition) is 4. The molecule has 1 saturated heterocycles. The fourth-order valence-corrected chi connectivity index (χ4v) is 2.44. The molecule has 2 aliphatic heterocycles. The second-order valence-corrected chi connectivity index (χ2v) is 5.96. The minimum Gasteiger partial charge on any atom is -0.242 e. The Kier molecular flexibility index (Phi) is 2.07. The van der Waals surface area contributed by atoms with Gasteiger partial charge in [-0.3, -0.25) is 0 Å². The topological polar surface area (TPSA) is 30.7 Å². The van der Waals surface area contributed by atoms with Gasteiger partial charge in [0, 0.05) is 0 Å². The monoisotopic (exact) mass is 206 g/mol. The van der Waals surface area contributed by atoms with Gasteiger partial charge in [0.1, 0.15) is 0 Å². The van der Waals surface area contributed by atoms with Crippen molar-refractivity contribution in [2.75, 3.05) is 0 Å². The third kappa shape index (κ3) is 1.98. The van der Waals surface area contributed by atoms with E-state index in [0.717, 1.165) is 12.4 Å². The fourth-order valence-electron chi connectivity index (χ4n) is 2.44. The molecule has 0 aromatic rings. The van der Waals surface area contributed by atoms with E-state index in [1.54, 1.807) is 6.67 Å². The highest BCUT2D eigenvalue weighted by atomic mass is 15.9. The van der Waals surface area contributed by atoms with E-state index < -0.39 is 0 Å². The number of fused-ring (bicyclic) bond motifs is 1. The summed E-state index contributed by atoms with van der Waals surface area (Å²) >= 11 is 0. The summed E-state index contributed by atoms with van der Waals surface area (Å²) in [5, 5.41) is 4.14. The van der Waals surface area contributed by atoms with E-state index in [4.69, 9.17) is 0 Å². The predicted octanol–water partition coefficient (Wildman–Crippen LogP) is 2.13. The molecule has 2 heterocycles. The van der Waals surface area contributed by atoms with Crippen molar-refractivity contribution in [3.8, 4) is 0 Å². The number of nitrogens with zero attached hydrogens (tertiary/aromatic N) is 4. The zero-order valence-electron chi connectivity index (χ0n) is 10.1. The molecule has 4 heteroatoms. The fraction of sp³-hybridized carbons (Fsp3) is 0.727. The van der Waals surface area contributed by atoms with Crippen LogP contribution in [-0.2, 0) is 0 Å². The molecule has 1 fully saturated rings. The van der Waals surface area contributed by atoms with Gasteiger partial charge in [0.2, 0.25) is 5.96 Å². The molecule has 0 amide bonds. The van der Waals surface area contributed by atoms with Crippen molar-refractivity contribution in [3.05, 3.63) is 6.67 Å². The maximum atomic E-state index is 4.10. The molecule has 0 saturated carbocycles. The van der Waals surface area contributed by atoms with E-state index >= 15 is 0 Å². The lowest BCUT2D eigenvalue weighted by molar-refractivity contribution is 0.129. The molecule has 2 rings (SSSR count). The van der Waals surface area contributed by atoms with Gasteiger partial charge in [-0.25, -0.2) is 15.0 Å². The summed E-state index contributed by atoms with van der Waals surface area (Å²) in [4.78, 5) is 7.98. The Morgan fingerprint density at radius 3 is 2.40 bits per heavy atom. The van der Waals surface area contributed by atoms with Crippen molar-refractivity contribution >= 4 is 12.3 Å². The van der Waals surface area contributed by atoms with Gasteiger partial charge in [-0.05, 0) is 25.7 Å². The Hall–Kier alpha value is -1.06. The molecule has 0 bridgehead atoms. The van der Waals surface area contributed by atoms with Gasteiger partial charge < -0.3 is 0 Å². The number of hydrogen-bond donors (Lipinski definition) is 0. The van der Waals surface area contributed by atoms with Gasteiger partial charge in [0.05, 0.1) is 5.54 Å². The Bertz CT molecular complexity index is 322. The normalized spacial score (nSPS) is 20.2. The first-order chi connectivity index (χ1) is 6.81. The Labute approximate surface area is 91.7 Å². The van der Waals surface area contributed by atoms with E-state index in [0.29, 0.717) is 5.41 Å². The highest BCUT2D eigenvalue weighted by molar-refractivity contribution is 5.98. The first-order valence-corrected chi connectivity index (χ1v) is 5.27. The van der Waals surface area contributed by atoms with Gasteiger partial charge in [-0.1, -0.05) is 20.8 Å². The molecule has 2 radical (unpaired) electrons. The predicted molar refractivity (Wildman–Crippen MR) is 61.0 cm³/mol. The summed E-state index contributed by atoms with van der Waals surface area (Å²) in [7, 11) is 0. The zero-order chi connectivity index (χ0) is 11.3.